The second-order valence-corrected chi connectivity index (χ2v) is 11.0. The second kappa shape index (κ2) is 40.0. The quantitative estimate of drug-likeness (QED) is 0.0707. The number of hydrogen-bond acceptors (Lipinski definition) is 13. The number of esters is 1. The molecule has 0 aliphatic heterocycles. The largest absolute Gasteiger partial charge is 0.463 e. The second-order valence-electron chi connectivity index (χ2n) is 11.0. The molecule has 0 amide bonds. The maximum Gasteiger partial charge on any atom is 0.305 e. The summed E-state index contributed by atoms with van der Waals surface area (Å²) in [6.07, 6.45) is 6.07. The van der Waals surface area contributed by atoms with Crippen molar-refractivity contribution in [1.29, 1.82) is 0 Å². The fourth-order valence-corrected chi connectivity index (χ4v) is 4.12. The molecule has 0 spiro atoms. The van der Waals surface area contributed by atoms with E-state index in [0.29, 0.717) is 152 Å². The van der Waals surface area contributed by atoms with Crippen LogP contribution in [0.1, 0.15) is 51.0 Å². The molecule has 0 aliphatic carbocycles. The maximum absolute atomic E-state index is 11.6. The van der Waals surface area contributed by atoms with Crippen molar-refractivity contribution in [2.75, 3.05) is 145 Å². The van der Waals surface area contributed by atoms with Gasteiger partial charge in [-0.05, 0) is 12.0 Å². The van der Waals surface area contributed by atoms with Crippen molar-refractivity contribution in [3.05, 3.63) is 35.9 Å². The molecular formula is C37H66O13. The Hall–Kier alpha value is -1.75. The predicted octanol–water partition coefficient (Wildman–Crippen LogP) is 4.27. The summed E-state index contributed by atoms with van der Waals surface area (Å²) in [5, 5.41) is 0. The van der Waals surface area contributed by atoms with E-state index in [4.69, 9.17) is 56.8 Å². The summed E-state index contributed by atoms with van der Waals surface area (Å²) in [6, 6.07) is 10.1. The molecule has 0 fully saturated rings. The Labute approximate surface area is 300 Å². The number of carbonyl (C=O) groups is 1. The summed E-state index contributed by atoms with van der Waals surface area (Å²) >= 11 is 0. The Morgan fingerprint density at radius 3 is 1.08 bits per heavy atom. The van der Waals surface area contributed by atoms with Crippen LogP contribution in [0.5, 0.6) is 0 Å². The SMILES string of the molecule is CCCCCCCC(=O)OCCOCCOCCOCCOCCOCCOCCOCCOCCOCCOCCOCc1ccccc1. The molecule has 292 valence electrons. The van der Waals surface area contributed by atoms with Gasteiger partial charge in [0, 0.05) is 6.42 Å². The van der Waals surface area contributed by atoms with Gasteiger partial charge >= 0.3 is 5.97 Å². The Morgan fingerprint density at radius 2 is 0.720 bits per heavy atom. The van der Waals surface area contributed by atoms with Gasteiger partial charge in [0.05, 0.1) is 145 Å². The minimum atomic E-state index is -0.147. The third kappa shape index (κ3) is 36.1. The van der Waals surface area contributed by atoms with E-state index in [-0.39, 0.29) is 12.6 Å². The molecule has 1 rings (SSSR count). The fourth-order valence-electron chi connectivity index (χ4n) is 4.12. The van der Waals surface area contributed by atoms with E-state index in [1.165, 1.54) is 19.3 Å². The molecule has 0 unspecified atom stereocenters. The summed E-state index contributed by atoms with van der Waals surface area (Å²) in [4.78, 5) is 11.6. The lowest BCUT2D eigenvalue weighted by molar-refractivity contribution is -0.145. The smallest absolute Gasteiger partial charge is 0.305 e. The zero-order valence-corrected chi connectivity index (χ0v) is 30.7. The van der Waals surface area contributed by atoms with Gasteiger partial charge in [0.2, 0.25) is 0 Å². The van der Waals surface area contributed by atoms with E-state index < -0.39 is 0 Å². The van der Waals surface area contributed by atoms with Crippen LogP contribution in [0.3, 0.4) is 0 Å². The van der Waals surface area contributed by atoms with Crippen molar-refractivity contribution < 1.29 is 61.6 Å². The van der Waals surface area contributed by atoms with Gasteiger partial charge in [-0.15, -0.1) is 0 Å². The first kappa shape index (κ1) is 46.3. The van der Waals surface area contributed by atoms with Gasteiger partial charge in [-0.25, -0.2) is 0 Å². The Balaban J connectivity index is 1.62. The van der Waals surface area contributed by atoms with E-state index in [2.05, 4.69) is 6.92 Å². The fraction of sp³-hybridized carbons (Fsp3) is 0.811. The summed E-state index contributed by atoms with van der Waals surface area (Å²) in [7, 11) is 0. The monoisotopic (exact) mass is 718 g/mol. The average molecular weight is 719 g/mol. The normalized spacial score (nSPS) is 11.4. The standard InChI is InChI=1S/C37H66O13/c1-2-3-4-5-9-12-37(38)50-34-33-48-30-29-46-26-25-44-22-21-42-18-17-40-14-13-39-15-16-41-19-20-43-23-24-45-27-28-47-31-32-49-35-36-10-7-6-8-11-36/h6-8,10-11H,2-5,9,12-35H2,1H3. The summed E-state index contributed by atoms with van der Waals surface area (Å²) in [5.74, 6) is -0.147. The minimum absolute atomic E-state index is 0.147. The molecule has 0 aliphatic rings. The van der Waals surface area contributed by atoms with Crippen molar-refractivity contribution >= 4 is 5.97 Å². The highest BCUT2D eigenvalue weighted by Gasteiger charge is 2.02. The van der Waals surface area contributed by atoms with Crippen LogP contribution in [0.2, 0.25) is 0 Å². The third-order valence-electron chi connectivity index (χ3n) is 6.81. The first-order valence-electron chi connectivity index (χ1n) is 18.4. The summed E-state index contributed by atoms with van der Waals surface area (Å²) in [5.41, 5.74) is 1.16. The van der Waals surface area contributed by atoms with Crippen molar-refractivity contribution in [1.82, 2.24) is 0 Å². The molecule has 13 nitrogen and oxygen atoms in total. The molecule has 0 N–H and O–H groups in total. The molecule has 13 heteroatoms. The van der Waals surface area contributed by atoms with Crippen LogP contribution in [0.25, 0.3) is 0 Å². The van der Waals surface area contributed by atoms with Gasteiger partial charge in [0.15, 0.2) is 0 Å². The molecule has 0 heterocycles. The van der Waals surface area contributed by atoms with Crippen molar-refractivity contribution in [3.63, 3.8) is 0 Å². The number of unbranched alkanes of at least 4 members (excludes halogenated alkanes) is 4. The average Bonchev–Trinajstić information content (AvgIpc) is 3.13. The number of hydrogen-bond donors (Lipinski definition) is 0. The number of carbonyl (C=O) groups excluding carboxylic acids is 1. The molecule has 0 saturated heterocycles. The number of rotatable bonds is 41. The van der Waals surface area contributed by atoms with Crippen molar-refractivity contribution in [2.24, 2.45) is 0 Å². The Bertz CT molecular complexity index is 803. The lowest BCUT2D eigenvalue weighted by Gasteiger charge is -2.09. The zero-order chi connectivity index (χ0) is 35.7. The highest BCUT2D eigenvalue weighted by atomic mass is 16.6. The van der Waals surface area contributed by atoms with Crippen LogP contribution < -0.4 is 0 Å². The van der Waals surface area contributed by atoms with Gasteiger partial charge in [0.25, 0.3) is 0 Å². The van der Waals surface area contributed by atoms with E-state index >= 15 is 0 Å². The molecule has 0 bridgehead atoms. The Kier molecular flexibility index (Phi) is 37.0. The molecule has 0 atom stereocenters. The van der Waals surface area contributed by atoms with Gasteiger partial charge in [-0.3, -0.25) is 4.79 Å². The van der Waals surface area contributed by atoms with Crippen LogP contribution in [0.15, 0.2) is 30.3 Å². The third-order valence-corrected chi connectivity index (χ3v) is 6.81. The molecule has 50 heavy (non-hydrogen) atoms. The van der Waals surface area contributed by atoms with Crippen molar-refractivity contribution in [3.8, 4) is 0 Å². The summed E-state index contributed by atoms with van der Waals surface area (Å²) < 4.78 is 65.5. The van der Waals surface area contributed by atoms with Crippen LogP contribution in [-0.2, 0) is 68.2 Å². The zero-order valence-electron chi connectivity index (χ0n) is 30.7. The first-order valence-corrected chi connectivity index (χ1v) is 18.4. The van der Waals surface area contributed by atoms with Gasteiger partial charge in [-0.1, -0.05) is 62.9 Å². The summed E-state index contributed by atoms with van der Waals surface area (Å²) in [6.45, 7) is 13.6. The molecule has 1 aromatic rings. The molecular weight excluding hydrogens is 652 g/mol. The molecule has 0 radical (unpaired) electrons. The van der Waals surface area contributed by atoms with Gasteiger partial charge < -0.3 is 56.8 Å². The molecule has 1 aromatic carbocycles. The van der Waals surface area contributed by atoms with Crippen LogP contribution in [-0.4, -0.2) is 151 Å². The topological polar surface area (TPSA) is 128 Å². The number of ether oxygens (including phenoxy) is 12. The minimum Gasteiger partial charge on any atom is -0.463 e. The molecule has 0 aromatic heterocycles. The van der Waals surface area contributed by atoms with Crippen LogP contribution in [0.4, 0.5) is 0 Å². The predicted molar refractivity (Wildman–Crippen MR) is 189 cm³/mol. The molecule has 0 saturated carbocycles. The Morgan fingerprint density at radius 1 is 0.400 bits per heavy atom. The van der Waals surface area contributed by atoms with E-state index in [1.54, 1.807) is 0 Å². The van der Waals surface area contributed by atoms with E-state index in [1.807, 2.05) is 30.3 Å². The highest BCUT2D eigenvalue weighted by Crippen LogP contribution is 2.05. The van der Waals surface area contributed by atoms with Gasteiger partial charge in [0.1, 0.15) is 6.61 Å². The maximum atomic E-state index is 11.6. The van der Waals surface area contributed by atoms with Crippen LogP contribution in [0, 0.1) is 0 Å². The lowest BCUT2D eigenvalue weighted by Crippen LogP contribution is -2.15. The first-order chi connectivity index (χ1) is 24.8. The van der Waals surface area contributed by atoms with Crippen LogP contribution >= 0.6 is 0 Å². The van der Waals surface area contributed by atoms with Gasteiger partial charge in [-0.2, -0.15) is 0 Å². The van der Waals surface area contributed by atoms with E-state index in [9.17, 15) is 4.79 Å². The lowest BCUT2D eigenvalue weighted by atomic mass is 10.1. The number of benzene rings is 1. The van der Waals surface area contributed by atoms with E-state index in [0.717, 1.165) is 18.4 Å². The van der Waals surface area contributed by atoms with Crippen molar-refractivity contribution in [2.45, 2.75) is 52.1 Å². The highest BCUT2D eigenvalue weighted by molar-refractivity contribution is 5.69.